The number of carbonyl (C=O) groups is 1. The van der Waals surface area contributed by atoms with Gasteiger partial charge in [-0.15, -0.1) is 0 Å². The van der Waals surface area contributed by atoms with Crippen molar-refractivity contribution in [1.29, 1.82) is 0 Å². The number of halogens is 2. The van der Waals surface area contributed by atoms with Gasteiger partial charge in [-0.1, -0.05) is 0 Å². The summed E-state index contributed by atoms with van der Waals surface area (Å²) < 4.78 is 26.5. The molecule has 16 heavy (non-hydrogen) atoms. The van der Waals surface area contributed by atoms with E-state index in [-0.39, 0.29) is 5.91 Å². The van der Waals surface area contributed by atoms with Crippen LogP contribution >= 0.6 is 0 Å². The van der Waals surface area contributed by atoms with Crippen LogP contribution in [0.4, 0.5) is 8.78 Å². The molecule has 0 aliphatic heterocycles. The van der Waals surface area contributed by atoms with Gasteiger partial charge in [0.15, 0.2) is 0 Å². The second-order valence-electron chi connectivity index (χ2n) is 3.71. The van der Waals surface area contributed by atoms with Crippen LogP contribution in [0.1, 0.15) is 17.5 Å². The quantitative estimate of drug-likeness (QED) is 0.725. The minimum absolute atomic E-state index is 0.272. The molecular formula is C12H11F2NO. The molecular weight excluding hydrogens is 212 g/mol. The van der Waals surface area contributed by atoms with Gasteiger partial charge in [-0.05, 0) is 30.0 Å². The first-order valence-electron chi connectivity index (χ1n) is 5.02. The van der Waals surface area contributed by atoms with Gasteiger partial charge in [-0.3, -0.25) is 4.79 Å². The number of hydrogen-bond donors (Lipinski definition) is 1. The first kappa shape index (κ1) is 10.8. The van der Waals surface area contributed by atoms with Crippen LogP contribution in [-0.4, -0.2) is 13.0 Å². The minimum atomic E-state index is -0.595. The maximum Gasteiger partial charge on any atom is 0.244 e. The van der Waals surface area contributed by atoms with Gasteiger partial charge in [-0.2, -0.15) is 0 Å². The maximum absolute atomic E-state index is 13.5. The Morgan fingerprint density at radius 1 is 1.38 bits per heavy atom. The zero-order chi connectivity index (χ0) is 11.7. The number of benzene rings is 1. The van der Waals surface area contributed by atoms with E-state index in [4.69, 9.17) is 0 Å². The number of likely N-dealkylation sites (N-methyl/N-ethyl adjacent to an activating group) is 1. The lowest BCUT2D eigenvalue weighted by Gasteiger charge is -2.03. The first-order chi connectivity index (χ1) is 7.61. The van der Waals surface area contributed by atoms with Crippen molar-refractivity contribution < 1.29 is 13.6 Å². The number of aryl methyl sites for hydroxylation is 1. The Balaban J connectivity index is 2.47. The number of amides is 1. The molecule has 0 spiro atoms. The molecule has 0 heterocycles. The summed E-state index contributed by atoms with van der Waals surface area (Å²) in [7, 11) is 1.51. The van der Waals surface area contributed by atoms with E-state index in [2.05, 4.69) is 5.32 Å². The number of fused-ring (bicyclic) bond motifs is 1. The van der Waals surface area contributed by atoms with Gasteiger partial charge in [0.2, 0.25) is 5.91 Å². The van der Waals surface area contributed by atoms with Crippen LogP contribution in [0, 0.1) is 11.6 Å². The Kier molecular flexibility index (Phi) is 2.73. The van der Waals surface area contributed by atoms with Crippen LogP contribution in [0.25, 0.3) is 5.57 Å². The molecule has 0 fully saturated rings. The summed E-state index contributed by atoms with van der Waals surface area (Å²) in [5.41, 5.74) is 1.64. The predicted octanol–water partition coefficient (Wildman–Crippen LogP) is 2.04. The molecule has 0 aromatic heterocycles. The predicted molar refractivity (Wildman–Crippen MR) is 56.7 cm³/mol. The van der Waals surface area contributed by atoms with E-state index in [0.717, 1.165) is 6.07 Å². The second kappa shape index (κ2) is 4.04. The van der Waals surface area contributed by atoms with E-state index in [0.29, 0.717) is 29.5 Å². The maximum atomic E-state index is 13.5. The second-order valence-corrected chi connectivity index (χ2v) is 3.71. The lowest BCUT2D eigenvalue weighted by atomic mass is 10.1. The molecule has 0 radical (unpaired) electrons. The topological polar surface area (TPSA) is 29.1 Å². The summed E-state index contributed by atoms with van der Waals surface area (Å²) >= 11 is 0. The van der Waals surface area contributed by atoms with Crippen molar-refractivity contribution in [3.05, 3.63) is 41.0 Å². The van der Waals surface area contributed by atoms with Crippen molar-refractivity contribution in [2.75, 3.05) is 7.05 Å². The van der Waals surface area contributed by atoms with Gasteiger partial charge in [0.25, 0.3) is 0 Å². The highest BCUT2D eigenvalue weighted by atomic mass is 19.1. The zero-order valence-corrected chi connectivity index (χ0v) is 8.81. The average Bonchev–Trinajstić information content (AvgIpc) is 2.61. The van der Waals surface area contributed by atoms with Crippen LogP contribution < -0.4 is 5.32 Å². The standard InChI is InChI=1S/C12H11F2NO/c1-15-11(16)5-8-3-2-7-4-9(13)6-10(14)12(7)8/h4-6H,2-3H2,1H3,(H,15,16)/b8-5+. The van der Waals surface area contributed by atoms with Gasteiger partial charge in [0.05, 0.1) is 0 Å². The van der Waals surface area contributed by atoms with Crippen LogP contribution in [0.5, 0.6) is 0 Å². The van der Waals surface area contributed by atoms with Gasteiger partial charge in [-0.25, -0.2) is 8.78 Å². The molecule has 1 amide bonds. The normalized spacial score (nSPS) is 16.3. The Morgan fingerprint density at radius 3 is 2.81 bits per heavy atom. The van der Waals surface area contributed by atoms with Crippen LogP contribution in [0.15, 0.2) is 18.2 Å². The van der Waals surface area contributed by atoms with Crippen molar-refractivity contribution in [2.24, 2.45) is 0 Å². The van der Waals surface area contributed by atoms with E-state index in [1.807, 2.05) is 0 Å². The third-order valence-electron chi connectivity index (χ3n) is 2.67. The molecule has 0 saturated carbocycles. The summed E-state index contributed by atoms with van der Waals surface area (Å²) in [6, 6.07) is 2.17. The number of carbonyl (C=O) groups excluding carboxylic acids is 1. The van der Waals surface area contributed by atoms with Gasteiger partial charge >= 0.3 is 0 Å². The van der Waals surface area contributed by atoms with E-state index in [1.165, 1.54) is 19.2 Å². The van der Waals surface area contributed by atoms with Gasteiger partial charge in [0, 0.05) is 24.8 Å². The Morgan fingerprint density at radius 2 is 2.12 bits per heavy atom. The zero-order valence-electron chi connectivity index (χ0n) is 8.81. The van der Waals surface area contributed by atoms with Crippen molar-refractivity contribution >= 4 is 11.5 Å². The first-order valence-corrected chi connectivity index (χ1v) is 5.02. The molecule has 1 aromatic rings. The molecule has 2 rings (SSSR count). The summed E-state index contributed by atoms with van der Waals surface area (Å²) in [4.78, 5) is 11.2. The molecule has 1 aromatic carbocycles. The third-order valence-corrected chi connectivity index (χ3v) is 2.67. The fourth-order valence-electron chi connectivity index (χ4n) is 1.95. The SMILES string of the molecule is CNC(=O)/C=C1\CCc2cc(F)cc(F)c21. The van der Waals surface area contributed by atoms with Crippen LogP contribution in [-0.2, 0) is 11.2 Å². The van der Waals surface area contributed by atoms with E-state index < -0.39 is 11.6 Å². The molecule has 84 valence electrons. The fourth-order valence-corrected chi connectivity index (χ4v) is 1.95. The molecule has 0 saturated heterocycles. The molecule has 0 bridgehead atoms. The number of nitrogens with one attached hydrogen (secondary N) is 1. The molecule has 2 nitrogen and oxygen atoms in total. The Bertz CT molecular complexity index is 480. The summed E-state index contributed by atoms with van der Waals surface area (Å²) in [6.07, 6.45) is 2.52. The number of hydrogen-bond acceptors (Lipinski definition) is 1. The minimum Gasteiger partial charge on any atom is -0.356 e. The van der Waals surface area contributed by atoms with E-state index in [1.54, 1.807) is 0 Å². The molecule has 0 unspecified atom stereocenters. The van der Waals surface area contributed by atoms with E-state index >= 15 is 0 Å². The molecule has 0 atom stereocenters. The molecule has 1 aliphatic rings. The highest BCUT2D eigenvalue weighted by Crippen LogP contribution is 2.34. The summed E-state index contributed by atoms with van der Waals surface area (Å²) in [6.45, 7) is 0. The van der Waals surface area contributed by atoms with E-state index in [9.17, 15) is 13.6 Å². The Labute approximate surface area is 92.0 Å². The lowest BCUT2D eigenvalue weighted by molar-refractivity contribution is -0.116. The lowest BCUT2D eigenvalue weighted by Crippen LogP contribution is -2.14. The third kappa shape index (κ3) is 1.83. The van der Waals surface area contributed by atoms with Gasteiger partial charge < -0.3 is 5.32 Å². The highest BCUT2D eigenvalue weighted by molar-refractivity contribution is 5.96. The molecule has 1 aliphatic carbocycles. The monoisotopic (exact) mass is 223 g/mol. The van der Waals surface area contributed by atoms with Crippen molar-refractivity contribution in [2.45, 2.75) is 12.8 Å². The van der Waals surface area contributed by atoms with Crippen LogP contribution in [0.3, 0.4) is 0 Å². The number of rotatable bonds is 1. The van der Waals surface area contributed by atoms with Crippen LogP contribution in [0.2, 0.25) is 0 Å². The smallest absolute Gasteiger partial charge is 0.244 e. The summed E-state index contributed by atoms with van der Waals surface area (Å²) in [5.74, 6) is -1.44. The largest absolute Gasteiger partial charge is 0.356 e. The average molecular weight is 223 g/mol. The Hall–Kier alpha value is -1.71. The van der Waals surface area contributed by atoms with Crippen molar-refractivity contribution in [1.82, 2.24) is 5.32 Å². The number of allylic oxidation sites excluding steroid dienone is 1. The molecule has 4 heteroatoms. The van der Waals surface area contributed by atoms with Crippen molar-refractivity contribution in [3.8, 4) is 0 Å². The fraction of sp³-hybridized carbons (Fsp3) is 0.250. The molecule has 1 N–H and O–H groups in total. The van der Waals surface area contributed by atoms with Gasteiger partial charge in [0.1, 0.15) is 11.6 Å². The summed E-state index contributed by atoms with van der Waals surface area (Å²) in [5, 5.41) is 2.44. The highest BCUT2D eigenvalue weighted by Gasteiger charge is 2.21. The van der Waals surface area contributed by atoms with Crippen molar-refractivity contribution in [3.63, 3.8) is 0 Å².